The van der Waals surface area contributed by atoms with E-state index in [1.54, 1.807) is 19.1 Å². The van der Waals surface area contributed by atoms with Gasteiger partial charge >= 0.3 is 0 Å². The third kappa shape index (κ3) is 3.11. The molecule has 1 amide bonds. The van der Waals surface area contributed by atoms with E-state index in [4.69, 9.17) is 5.73 Å². The highest BCUT2D eigenvalue weighted by atomic mass is 32.2. The summed E-state index contributed by atoms with van der Waals surface area (Å²) in [6, 6.07) is 5.02. The van der Waals surface area contributed by atoms with Crippen molar-refractivity contribution in [3.05, 3.63) is 41.2 Å². The van der Waals surface area contributed by atoms with Crippen LogP contribution in [0.1, 0.15) is 28.5 Å². The predicted molar refractivity (Wildman–Crippen MR) is 83.1 cm³/mol. The molecule has 0 saturated carbocycles. The molecule has 0 unspecified atom stereocenters. The van der Waals surface area contributed by atoms with E-state index in [9.17, 15) is 13.2 Å². The molecule has 22 heavy (non-hydrogen) atoms. The number of benzene rings is 1. The molecule has 0 fully saturated rings. The predicted octanol–water partition coefficient (Wildman–Crippen LogP) is 1.42. The van der Waals surface area contributed by atoms with Gasteiger partial charge in [0.15, 0.2) is 5.69 Å². The third-order valence-corrected chi connectivity index (χ3v) is 4.71. The maximum Gasteiger partial charge on any atom is 0.271 e. The average Bonchev–Trinajstić information content (AvgIpc) is 2.80. The molecular formula is C14H18N4O3S. The molecule has 1 aromatic heterocycles. The number of carbonyl (C=O) groups excluding carboxylic acids is 1. The molecular weight excluding hydrogens is 304 g/mol. The number of nitrogens with two attached hydrogens (primary N) is 1. The second kappa shape index (κ2) is 5.80. The SMILES string of the molecule is CCn1cc(NS(=O)(=O)c2ccc(C)cc2C)c(C(N)=O)n1. The molecule has 0 saturated heterocycles. The first-order valence-electron chi connectivity index (χ1n) is 6.72. The van der Waals surface area contributed by atoms with Crippen LogP contribution in [0.25, 0.3) is 0 Å². The van der Waals surface area contributed by atoms with Gasteiger partial charge in [-0.3, -0.25) is 14.2 Å². The molecule has 8 heteroatoms. The van der Waals surface area contributed by atoms with Crippen LogP contribution in [0, 0.1) is 13.8 Å². The minimum atomic E-state index is -3.82. The summed E-state index contributed by atoms with van der Waals surface area (Å²) in [4.78, 5) is 11.5. The number of nitrogens with one attached hydrogen (secondary N) is 1. The van der Waals surface area contributed by atoms with Crippen molar-refractivity contribution >= 4 is 21.6 Å². The molecule has 0 atom stereocenters. The Hall–Kier alpha value is -2.35. The molecule has 0 bridgehead atoms. The Morgan fingerprint density at radius 1 is 1.36 bits per heavy atom. The number of carbonyl (C=O) groups is 1. The van der Waals surface area contributed by atoms with Gasteiger partial charge in [-0.05, 0) is 32.4 Å². The van der Waals surface area contributed by atoms with Crippen molar-refractivity contribution in [3.8, 4) is 0 Å². The van der Waals surface area contributed by atoms with Gasteiger partial charge in [-0.2, -0.15) is 5.10 Å². The lowest BCUT2D eigenvalue weighted by molar-refractivity contribution is 0.0995. The van der Waals surface area contributed by atoms with Crippen molar-refractivity contribution in [2.24, 2.45) is 5.73 Å². The van der Waals surface area contributed by atoms with E-state index in [-0.39, 0.29) is 16.3 Å². The lowest BCUT2D eigenvalue weighted by Crippen LogP contribution is -2.18. The zero-order chi connectivity index (χ0) is 16.5. The van der Waals surface area contributed by atoms with E-state index in [0.717, 1.165) is 5.56 Å². The summed E-state index contributed by atoms with van der Waals surface area (Å²) in [7, 11) is -3.82. The van der Waals surface area contributed by atoms with E-state index in [1.807, 2.05) is 13.8 Å². The molecule has 2 aromatic rings. The summed E-state index contributed by atoms with van der Waals surface area (Å²) in [5, 5.41) is 3.96. The Morgan fingerprint density at radius 3 is 2.59 bits per heavy atom. The topological polar surface area (TPSA) is 107 Å². The van der Waals surface area contributed by atoms with Gasteiger partial charge in [-0.1, -0.05) is 17.7 Å². The molecule has 1 aromatic carbocycles. The number of anilines is 1. The maximum atomic E-state index is 12.5. The number of aryl methyl sites for hydroxylation is 3. The van der Waals surface area contributed by atoms with Crippen molar-refractivity contribution in [1.29, 1.82) is 0 Å². The molecule has 118 valence electrons. The first-order valence-corrected chi connectivity index (χ1v) is 8.20. The van der Waals surface area contributed by atoms with Gasteiger partial charge < -0.3 is 5.73 Å². The van der Waals surface area contributed by atoms with Gasteiger partial charge in [0.25, 0.3) is 15.9 Å². The van der Waals surface area contributed by atoms with Crippen LogP contribution in [0.15, 0.2) is 29.3 Å². The van der Waals surface area contributed by atoms with Crippen LogP contribution in [0.2, 0.25) is 0 Å². The van der Waals surface area contributed by atoms with Crippen LogP contribution in [-0.2, 0) is 16.6 Å². The van der Waals surface area contributed by atoms with E-state index >= 15 is 0 Å². The van der Waals surface area contributed by atoms with Gasteiger partial charge in [-0.25, -0.2) is 8.42 Å². The van der Waals surface area contributed by atoms with Gasteiger partial charge in [0.2, 0.25) is 0 Å². The molecule has 0 aliphatic carbocycles. The van der Waals surface area contributed by atoms with Gasteiger partial charge in [-0.15, -0.1) is 0 Å². The molecule has 7 nitrogen and oxygen atoms in total. The summed E-state index contributed by atoms with van der Waals surface area (Å²) in [5.74, 6) is -0.787. The van der Waals surface area contributed by atoms with E-state index in [1.165, 1.54) is 16.9 Å². The lowest BCUT2D eigenvalue weighted by Gasteiger charge is -2.10. The van der Waals surface area contributed by atoms with Crippen molar-refractivity contribution in [2.75, 3.05) is 4.72 Å². The largest absolute Gasteiger partial charge is 0.364 e. The van der Waals surface area contributed by atoms with Crippen LogP contribution in [0.5, 0.6) is 0 Å². The number of hydrogen-bond donors (Lipinski definition) is 2. The number of sulfonamides is 1. The summed E-state index contributed by atoms with van der Waals surface area (Å²) in [6.07, 6.45) is 1.45. The Kier molecular flexibility index (Phi) is 4.23. The lowest BCUT2D eigenvalue weighted by atomic mass is 10.2. The van der Waals surface area contributed by atoms with Crippen molar-refractivity contribution in [1.82, 2.24) is 9.78 Å². The highest BCUT2D eigenvalue weighted by molar-refractivity contribution is 7.92. The molecule has 0 spiro atoms. The number of primary amides is 1. The second-order valence-electron chi connectivity index (χ2n) is 4.99. The maximum absolute atomic E-state index is 12.5. The molecule has 2 rings (SSSR count). The Bertz CT molecular complexity index is 825. The van der Waals surface area contributed by atoms with Crippen LogP contribution in [0.3, 0.4) is 0 Å². The first kappa shape index (κ1) is 16.0. The molecule has 0 aliphatic rings. The summed E-state index contributed by atoms with van der Waals surface area (Å²) in [6.45, 7) is 5.91. The highest BCUT2D eigenvalue weighted by Gasteiger charge is 2.22. The van der Waals surface area contributed by atoms with Crippen molar-refractivity contribution in [2.45, 2.75) is 32.2 Å². The number of hydrogen-bond acceptors (Lipinski definition) is 4. The van der Waals surface area contributed by atoms with Gasteiger partial charge in [0, 0.05) is 12.7 Å². The van der Waals surface area contributed by atoms with Crippen molar-refractivity contribution < 1.29 is 13.2 Å². The first-order chi connectivity index (χ1) is 10.2. The zero-order valence-electron chi connectivity index (χ0n) is 12.6. The minimum absolute atomic E-state index is 0.0781. The van der Waals surface area contributed by atoms with Gasteiger partial charge in [0.05, 0.1) is 10.6 Å². The van der Waals surface area contributed by atoms with E-state index in [0.29, 0.717) is 12.1 Å². The Balaban J connectivity index is 2.45. The Labute approximate surface area is 129 Å². The quantitative estimate of drug-likeness (QED) is 0.868. The molecule has 1 heterocycles. The fraction of sp³-hybridized carbons (Fsp3) is 0.286. The second-order valence-corrected chi connectivity index (χ2v) is 6.64. The summed E-state index contributed by atoms with van der Waals surface area (Å²) < 4.78 is 28.8. The van der Waals surface area contributed by atoms with Gasteiger partial charge in [0.1, 0.15) is 0 Å². The zero-order valence-corrected chi connectivity index (χ0v) is 13.4. The highest BCUT2D eigenvalue weighted by Crippen LogP contribution is 2.22. The average molecular weight is 322 g/mol. The van der Waals surface area contributed by atoms with Crippen LogP contribution >= 0.6 is 0 Å². The van der Waals surface area contributed by atoms with Crippen LogP contribution in [-0.4, -0.2) is 24.1 Å². The number of rotatable bonds is 5. The van der Waals surface area contributed by atoms with E-state index < -0.39 is 15.9 Å². The van der Waals surface area contributed by atoms with Crippen molar-refractivity contribution in [3.63, 3.8) is 0 Å². The fourth-order valence-electron chi connectivity index (χ4n) is 2.14. The Morgan fingerprint density at radius 2 is 2.05 bits per heavy atom. The van der Waals surface area contributed by atoms with Crippen LogP contribution in [0.4, 0.5) is 5.69 Å². The summed E-state index contributed by atoms with van der Waals surface area (Å²) >= 11 is 0. The monoisotopic (exact) mass is 322 g/mol. The molecule has 0 aliphatic heterocycles. The number of nitrogens with zero attached hydrogens (tertiary/aromatic N) is 2. The summed E-state index contributed by atoms with van der Waals surface area (Å²) in [5.41, 5.74) is 6.80. The molecule has 0 radical (unpaired) electrons. The number of aromatic nitrogens is 2. The smallest absolute Gasteiger partial charge is 0.271 e. The minimum Gasteiger partial charge on any atom is -0.364 e. The van der Waals surface area contributed by atoms with Crippen LogP contribution < -0.4 is 10.5 Å². The van der Waals surface area contributed by atoms with E-state index in [2.05, 4.69) is 9.82 Å². The fourth-order valence-corrected chi connectivity index (χ4v) is 3.42. The normalized spacial score (nSPS) is 11.4. The molecule has 3 N–H and O–H groups in total. The standard InChI is InChI=1S/C14H18N4O3S/c1-4-18-8-11(13(16-18)14(15)19)17-22(20,21)12-6-5-9(2)7-10(12)3/h5-8,17H,4H2,1-3H3,(H2,15,19). The number of amides is 1. The third-order valence-electron chi connectivity index (χ3n) is 3.18.